The van der Waals surface area contributed by atoms with Crippen molar-refractivity contribution in [1.29, 1.82) is 0 Å². The summed E-state index contributed by atoms with van der Waals surface area (Å²) >= 11 is 0. The minimum Gasteiger partial charge on any atom is -0.397 e. The molecule has 2 aromatic rings. The summed E-state index contributed by atoms with van der Waals surface area (Å²) in [6, 6.07) is 3.36. The summed E-state index contributed by atoms with van der Waals surface area (Å²) in [5, 5.41) is 3.02. The molecule has 0 fully saturated rings. The number of rotatable bonds is 4. The molecule has 0 aliphatic heterocycles. The number of carbonyl (C=O) groups is 1. The molecule has 0 atom stereocenters. The lowest BCUT2D eigenvalue weighted by Gasteiger charge is -2.21. The van der Waals surface area contributed by atoms with Crippen LogP contribution in [0.4, 0.5) is 11.4 Å². The van der Waals surface area contributed by atoms with Gasteiger partial charge in [0.25, 0.3) is 5.56 Å². The fourth-order valence-corrected chi connectivity index (χ4v) is 1.97. The highest BCUT2D eigenvalue weighted by molar-refractivity contribution is 5.88. The summed E-state index contributed by atoms with van der Waals surface area (Å²) in [6.45, 7) is 0.526. The van der Waals surface area contributed by atoms with Gasteiger partial charge in [0.15, 0.2) is 0 Å². The smallest absolute Gasteiger partial charge is 0.258 e. The second-order valence-corrected chi connectivity index (χ2v) is 4.50. The molecule has 1 aromatic heterocycles. The van der Waals surface area contributed by atoms with Crippen LogP contribution in [-0.4, -0.2) is 36.5 Å². The van der Waals surface area contributed by atoms with Crippen molar-refractivity contribution in [3.63, 3.8) is 0 Å². The van der Waals surface area contributed by atoms with E-state index < -0.39 is 0 Å². The van der Waals surface area contributed by atoms with Crippen molar-refractivity contribution < 1.29 is 4.79 Å². The van der Waals surface area contributed by atoms with Crippen molar-refractivity contribution in [2.24, 2.45) is 0 Å². The number of aromatic amines is 1. The molecule has 0 bridgehead atoms. The van der Waals surface area contributed by atoms with Gasteiger partial charge in [-0.1, -0.05) is 0 Å². The Hall–Kier alpha value is -2.57. The van der Waals surface area contributed by atoms with Gasteiger partial charge >= 0.3 is 0 Å². The van der Waals surface area contributed by atoms with E-state index in [-0.39, 0.29) is 11.5 Å². The number of anilines is 2. The number of aromatic nitrogens is 2. The average molecular weight is 275 g/mol. The molecule has 1 heterocycles. The second-order valence-electron chi connectivity index (χ2n) is 4.50. The summed E-state index contributed by atoms with van der Waals surface area (Å²) in [6.07, 6.45) is 1.72. The second kappa shape index (κ2) is 5.60. The van der Waals surface area contributed by atoms with Crippen LogP contribution in [0.2, 0.25) is 0 Å². The normalized spacial score (nSPS) is 10.5. The molecule has 2 rings (SSSR count). The van der Waals surface area contributed by atoms with E-state index in [1.807, 2.05) is 11.9 Å². The van der Waals surface area contributed by atoms with Gasteiger partial charge in [-0.05, 0) is 12.1 Å². The van der Waals surface area contributed by atoms with Crippen molar-refractivity contribution in [3.05, 3.63) is 28.8 Å². The first kappa shape index (κ1) is 13.9. The molecule has 1 aromatic carbocycles. The van der Waals surface area contributed by atoms with Crippen molar-refractivity contribution >= 4 is 28.2 Å². The molecule has 7 nitrogen and oxygen atoms in total. The average Bonchev–Trinajstić information content (AvgIpc) is 2.44. The Balaban J connectivity index is 2.32. The molecule has 0 aliphatic rings. The molecule has 0 spiro atoms. The number of nitrogen functional groups attached to an aromatic ring is 1. The number of nitrogens with one attached hydrogen (secondary N) is 2. The van der Waals surface area contributed by atoms with Crippen LogP contribution in [0.1, 0.15) is 6.42 Å². The zero-order valence-corrected chi connectivity index (χ0v) is 11.4. The maximum atomic E-state index is 11.6. The Morgan fingerprint density at radius 2 is 2.25 bits per heavy atom. The van der Waals surface area contributed by atoms with E-state index >= 15 is 0 Å². The quantitative estimate of drug-likeness (QED) is 0.685. The minimum atomic E-state index is -0.221. The number of amides is 1. The van der Waals surface area contributed by atoms with Crippen LogP contribution in [0.15, 0.2) is 23.3 Å². The molecule has 0 aliphatic carbocycles. The predicted octanol–water partition coefficient (Wildman–Crippen LogP) is 0.0776. The Kier molecular flexibility index (Phi) is 3.88. The number of benzene rings is 1. The molecule has 0 saturated heterocycles. The first-order chi connectivity index (χ1) is 9.52. The standard InChI is InChI=1S/C13H17N5O2/c1-15-12(19)3-4-18(2)11-6-10-8(5-9(11)14)13(20)17-7-16-10/h5-7H,3-4,14H2,1-2H3,(H,15,19)(H,16,17,20). The van der Waals surface area contributed by atoms with Crippen molar-refractivity contribution in [2.75, 3.05) is 31.3 Å². The highest BCUT2D eigenvalue weighted by atomic mass is 16.1. The lowest BCUT2D eigenvalue weighted by molar-refractivity contribution is -0.120. The van der Waals surface area contributed by atoms with Gasteiger partial charge < -0.3 is 20.9 Å². The molecular formula is C13H17N5O2. The molecule has 0 radical (unpaired) electrons. The van der Waals surface area contributed by atoms with Crippen LogP contribution in [0.5, 0.6) is 0 Å². The molecule has 106 valence electrons. The van der Waals surface area contributed by atoms with Gasteiger partial charge in [-0.3, -0.25) is 9.59 Å². The van der Waals surface area contributed by atoms with E-state index in [2.05, 4.69) is 15.3 Å². The van der Waals surface area contributed by atoms with Gasteiger partial charge in [0.1, 0.15) is 0 Å². The van der Waals surface area contributed by atoms with Gasteiger partial charge in [0, 0.05) is 27.1 Å². The summed E-state index contributed by atoms with van der Waals surface area (Å²) < 4.78 is 0. The lowest BCUT2D eigenvalue weighted by atomic mass is 10.1. The minimum absolute atomic E-state index is 0.0363. The van der Waals surface area contributed by atoms with Crippen LogP contribution in [0, 0.1) is 0 Å². The first-order valence-corrected chi connectivity index (χ1v) is 6.21. The van der Waals surface area contributed by atoms with E-state index in [9.17, 15) is 9.59 Å². The van der Waals surface area contributed by atoms with E-state index in [0.29, 0.717) is 29.6 Å². The summed E-state index contributed by atoms with van der Waals surface area (Å²) in [5.74, 6) is -0.0363. The topological polar surface area (TPSA) is 104 Å². The van der Waals surface area contributed by atoms with Crippen LogP contribution in [0.25, 0.3) is 10.9 Å². The molecule has 7 heteroatoms. The molecule has 0 saturated carbocycles. The number of nitrogens with two attached hydrogens (primary N) is 1. The van der Waals surface area contributed by atoms with Gasteiger partial charge in [-0.2, -0.15) is 0 Å². The number of nitrogens with zero attached hydrogens (tertiary/aromatic N) is 2. The molecule has 4 N–H and O–H groups in total. The zero-order valence-electron chi connectivity index (χ0n) is 11.4. The number of fused-ring (bicyclic) bond motifs is 1. The first-order valence-electron chi connectivity index (χ1n) is 6.21. The largest absolute Gasteiger partial charge is 0.397 e. The van der Waals surface area contributed by atoms with Gasteiger partial charge in [-0.15, -0.1) is 0 Å². The van der Waals surface area contributed by atoms with E-state index in [1.54, 1.807) is 19.2 Å². The van der Waals surface area contributed by atoms with Crippen molar-refractivity contribution in [3.8, 4) is 0 Å². The highest BCUT2D eigenvalue weighted by Crippen LogP contribution is 2.25. The third kappa shape index (κ3) is 2.71. The maximum Gasteiger partial charge on any atom is 0.258 e. The maximum absolute atomic E-state index is 11.6. The van der Waals surface area contributed by atoms with Crippen LogP contribution in [0.3, 0.4) is 0 Å². The number of H-pyrrole nitrogens is 1. The summed E-state index contributed by atoms with van der Waals surface area (Å²) in [7, 11) is 3.44. The Bertz CT molecular complexity index is 695. The highest BCUT2D eigenvalue weighted by Gasteiger charge is 2.10. The van der Waals surface area contributed by atoms with Crippen LogP contribution < -0.4 is 21.5 Å². The Labute approximate surface area is 115 Å². The van der Waals surface area contributed by atoms with E-state index in [4.69, 9.17) is 5.73 Å². The molecule has 20 heavy (non-hydrogen) atoms. The summed E-state index contributed by atoms with van der Waals surface area (Å²) in [5.41, 5.74) is 7.56. The van der Waals surface area contributed by atoms with Gasteiger partial charge in [0.05, 0.1) is 28.6 Å². The van der Waals surface area contributed by atoms with E-state index in [1.165, 1.54) is 6.33 Å². The molecule has 0 unspecified atom stereocenters. The lowest BCUT2D eigenvalue weighted by Crippen LogP contribution is -2.26. The molecular weight excluding hydrogens is 258 g/mol. The van der Waals surface area contributed by atoms with Crippen LogP contribution >= 0.6 is 0 Å². The zero-order chi connectivity index (χ0) is 14.7. The predicted molar refractivity (Wildman–Crippen MR) is 78.7 cm³/mol. The van der Waals surface area contributed by atoms with Gasteiger partial charge in [0.2, 0.25) is 5.91 Å². The third-order valence-electron chi connectivity index (χ3n) is 3.15. The van der Waals surface area contributed by atoms with Gasteiger partial charge in [-0.25, -0.2) is 4.98 Å². The number of hydrogen-bond donors (Lipinski definition) is 3. The fraction of sp³-hybridized carbons (Fsp3) is 0.308. The van der Waals surface area contributed by atoms with Crippen molar-refractivity contribution in [1.82, 2.24) is 15.3 Å². The third-order valence-corrected chi connectivity index (χ3v) is 3.15. The SMILES string of the molecule is CNC(=O)CCN(C)c1cc2nc[nH]c(=O)c2cc1N. The monoisotopic (exact) mass is 275 g/mol. The number of hydrogen-bond acceptors (Lipinski definition) is 5. The van der Waals surface area contributed by atoms with Crippen LogP contribution in [-0.2, 0) is 4.79 Å². The summed E-state index contributed by atoms with van der Waals surface area (Å²) in [4.78, 5) is 31.4. The van der Waals surface area contributed by atoms with Crippen molar-refractivity contribution in [2.45, 2.75) is 6.42 Å². The molecule has 1 amide bonds. The Morgan fingerprint density at radius 1 is 1.50 bits per heavy atom. The fourth-order valence-electron chi connectivity index (χ4n) is 1.97. The van der Waals surface area contributed by atoms with E-state index in [0.717, 1.165) is 5.69 Å². The number of carbonyl (C=O) groups excluding carboxylic acids is 1. The Morgan fingerprint density at radius 3 is 2.95 bits per heavy atom.